The Balaban J connectivity index is 1.80. The van der Waals surface area contributed by atoms with E-state index >= 15 is 0 Å². The van der Waals surface area contributed by atoms with E-state index in [1.165, 1.54) is 0 Å². The molecule has 2 heterocycles. The van der Waals surface area contributed by atoms with E-state index in [1.807, 2.05) is 13.0 Å². The van der Waals surface area contributed by atoms with E-state index in [0.717, 1.165) is 22.4 Å². The molecule has 0 atom stereocenters. The van der Waals surface area contributed by atoms with Crippen LogP contribution >= 0.6 is 11.8 Å². The number of carbonyl (C=O) groups is 4. The number of thioether (sulfide) groups is 1. The number of carbonyl (C=O) groups excluding carboxylic acids is 4. The summed E-state index contributed by atoms with van der Waals surface area (Å²) in [5.74, 6) is -1.45. The van der Waals surface area contributed by atoms with E-state index in [1.54, 1.807) is 54.9 Å². The van der Waals surface area contributed by atoms with E-state index in [9.17, 15) is 19.2 Å². The summed E-state index contributed by atoms with van der Waals surface area (Å²) < 4.78 is 6.44. The zero-order valence-corrected chi connectivity index (χ0v) is 17.6. The van der Waals surface area contributed by atoms with Crippen LogP contribution in [0.15, 0.2) is 41.3 Å². The first kappa shape index (κ1) is 21.4. The molecule has 1 aromatic heterocycles. The van der Waals surface area contributed by atoms with Gasteiger partial charge in [0.15, 0.2) is 0 Å². The first-order valence-electron chi connectivity index (χ1n) is 9.28. The molecule has 0 unspecified atom stereocenters. The normalized spacial score (nSPS) is 15.0. The summed E-state index contributed by atoms with van der Waals surface area (Å²) in [6, 6.07) is 10.6. The molecule has 2 aromatic rings. The summed E-state index contributed by atoms with van der Waals surface area (Å²) in [4.78, 5) is 49.9. The Morgan fingerprint density at radius 2 is 1.87 bits per heavy atom. The van der Waals surface area contributed by atoms with Crippen molar-refractivity contribution in [3.63, 3.8) is 0 Å². The molecule has 0 saturated carbocycles. The number of nitrogens with one attached hydrogen (secondary N) is 1. The van der Waals surface area contributed by atoms with Gasteiger partial charge in [-0.05, 0) is 62.4 Å². The molecule has 1 saturated heterocycles. The highest BCUT2D eigenvalue weighted by Gasteiger charge is 2.36. The van der Waals surface area contributed by atoms with Crippen LogP contribution in [0.1, 0.15) is 34.2 Å². The summed E-state index contributed by atoms with van der Waals surface area (Å²) in [6.07, 6.45) is 1.59. The smallest absolute Gasteiger partial charge is 0.326 e. The number of benzene rings is 1. The fraction of sp³-hybridized carbons (Fsp3) is 0.238. The summed E-state index contributed by atoms with van der Waals surface area (Å²) in [6.45, 7) is 5.03. The maximum atomic E-state index is 12.6. The Labute approximate surface area is 177 Å². The number of aromatic nitrogens is 1. The van der Waals surface area contributed by atoms with Gasteiger partial charge in [0.25, 0.3) is 17.1 Å². The molecule has 1 aromatic carbocycles. The Hall–Kier alpha value is -3.33. The molecule has 1 fully saturated rings. The summed E-state index contributed by atoms with van der Waals surface area (Å²) in [5.41, 5.74) is 5.49. The maximum Gasteiger partial charge on any atom is 0.326 e. The number of nitrogens with zero attached hydrogens (tertiary/aromatic N) is 2. The first-order valence-corrected chi connectivity index (χ1v) is 10.1. The van der Waals surface area contributed by atoms with Gasteiger partial charge in [-0.2, -0.15) is 0 Å². The molecule has 0 spiro atoms. The minimum absolute atomic E-state index is 0.172. The molecule has 0 radical (unpaired) electrons. The van der Waals surface area contributed by atoms with E-state index < -0.39 is 23.7 Å². The van der Waals surface area contributed by atoms with Gasteiger partial charge in [0.05, 0.1) is 11.5 Å². The molecule has 156 valence electrons. The van der Waals surface area contributed by atoms with Gasteiger partial charge in [-0.15, -0.1) is 0 Å². The second kappa shape index (κ2) is 9.00. The minimum atomic E-state index is -0.636. The zero-order chi connectivity index (χ0) is 21.8. The van der Waals surface area contributed by atoms with Crippen LogP contribution in [0, 0.1) is 13.8 Å². The lowest BCUT2D eigenvalue weighted by Gasteiger charge is -2.11. The minimum Gasteiger partial charge on any atom is -0.465 e. The molecule has 0 aliphatic carbocycles. The number of esters is 1. The predicted octanol–water partition coefficient (Wildman–Crippen LogP) is 3.09. The van der Waals surface area contributed by atoms with Gasteiger partial charge in [0.2, 0.25) is 0 Å². The van der Waals surface area contributed by atoms with Crippen LogP contribution in [0.25, 0.3) is 6.08 Å². The molecule has 30 heavy (non-hydrogen) atoms. The molecule has 1 aliphatic heterocycles. The predicted molar refractivity (Wildman–Crippen MR) is 113 cm³/mol. The first-order chi connectivity index (χ1) is 14.3. The van der Waals surface area contributed by atoms with Crippen molar-refractivity contribution in [1.29, 1.82) is 0 Å². The van der Waals surface area contributed by atoms with E-state index in [2.05, 4.69) is 5.43 Å². The highest BCUT2D eigenvalue weighted by Crippen LogP contribution is 2.33. The highest BCUT2D eigenvalue weighted by atomic mass is 32.2. The summed E-state index contributed by atoms with van der Waals surface area (Å²) in [7, 11) is 0. The van der Waals surface area contributed by atoms with E-state index in [4.69, 9.17) is 4.74 Å². The molecule has 9 heteroatoms. The van der Waals surface area contributed by atoms with Gasteiger partial charge in [-0.1, -0.05) is 18.2 Å². The molecule has 3 rings (SSSR count). The van der Waals surface area contributed by atoms with Crippen molar-refractivity contribution >= 4 is 40.9 Å². The average molecular weight is 427 g/mol. The van der Waals surface area contributed by atoms with Gasteiger partial charge in [0, 0.05) is 17.0 Å². The zero-order valence-electron chi connectivity index (χ0n) is 16.8. The quantitative estimate of drug-likeness (QED) is 0.562. The van der Waals surface area contributed by atoms with Crippen molar-refractivity contribution in [3.05, 3.63) is 63.8 Å². The lowest BCUT2D eigenvalue weighted by atomic mass is 10.2. The largest absolute Gasteiger partial charge is 0.465 e. The number of amides is 3. The van der Waals surface area contributed by atoms with Crippen molar-refractivity contribution in [2.75, 3.05) is 18.6 Å². The molecule has 0 bridgehead atoms. The Morgan fingerprint density at radius 1 is 1.17 bits per heavy atom. The number of aryl methyl sites for hydroxylation is 1. The van der Waals surface area contributed by atoms with E-state index in [-0.39, 0.29) is 17.4 Å². The monoisotopic (exact) mass is 427 g/mol. The third kappa shape index (κ3) is 4.46. The Morgan fingerprint density at radius 3 is 2.53 bits per heavy atom. The molecular formula is C21H21N3O5S. The number of hydrogen-bond donors (Lipinski definition) is 1. The number of rotatable bonds is 6. The molecule has 1 aliphatic rings. The topological polar surface area (TPSA) is 97.7 Å². The molecule has 1 N–H and O–H groups in total. The van der Waals surface area contributed by atoms with E-state index in [0.29, 0.717) is 16.8 Å². The lowest BCUT2D eigenvalue weighted by molar-refractivity contribution is -0.145. The molecular weight excluding hydrogens is 406 g/mol. The fourth-order valence-electron chi connectivity index (χ4n) is 2.97. The van der Waals surface area contributed by atoms with Gasteiger partial charge in [-0.3, -0.25) is 34.2 Å². The van der Waals surface area contributed by atoms with Crippen LogP contribution in [0.5, 0.6) is 0 Å². The van der Waals surface area contributed by atoms with Gasteiger partial charge in [-0.25, -0.2) is 0 Å². The number of imide groups is 1. The van der Waals surface area contributed by atoms with Gasteiger partial charge >= 0.3 is 5.97 Å². The van der Waals surface area contributed by atoms with Crippen LogP contribution < -0.4 is 5.43 Å². The highest BCUT2D eigenvalue weighted by molar-refractivity contribution is 8.18. The Bertz CT molecular complexity index is 1040. The second-order valence-electron chi connectivity index (χ2n) is 6.54. The maximum absolute atomic E-state index is 12.6. The SMILES string of the molecule is CCOC(=O)CN1C(=O)S/C(=C/c2cc(C)n(NC(=O)c3ccccc3)c2C)C1=O. The number of ether oxygens (including phenoxy) is 1. The van der Waals surface area contributed by atoms with Crippen molar-refractivity contribution in [2.45, 2.75) is 20.8 Å². The average Bonchev–Trinajstić information content (AvgIpc) is 3.13. The van der Waals surface area contributed by atoms with Crippen LogP contribution in [-0.4, -0.2) is 45.8 Å². The van der Waals surface area contributed by atoms with Crippen molar-refractivity contribution in [3.8, 4) is 0 Å². The van der Waals surface area contributed by atoms with Gasteiger partial charge < -0.3 is 4.74 Å². The van der Waals surface area contributed by atoms with Crippen molar-refractivity contribution in [1.82, 2.24) is 9.58 Å². The van der Waals surface area contributed by atoms with Crippen molar-refractivity contribution in [2.24, 2.45) is 0 Å². The third-order valence-corrected chi connectivity index (χ3v) is 5.38. The summed E-state index contributed by atoms with van der Waals surface area (Å²) in [5, 5.41) is -0.523. The van der Waals surface area contributed by atoms with Crippen LogP contribution in [0.2, 0.25) is 0 Å². The van der Waals surface area contributed by atoms with Crippen molar-refractivity contribution < 1.29 is 23.9 Å². The van der Waals surface area contributed by atoms with Crippen LogP contribution in [0.4, 0.5) is 4.79 Å². The summed E-state index contributed by atoms with van der Waals surface area (Å²) >= 11 is 0.765. The second-order valence-corrected chi connectivity index (χ2v) is 7.53. The number of hydrogen-bond acceptors (Lipinski definition) is 6. The fourth-order valence-corrected chi connectivity index (χ4v) is 3.80. The van der Waals surface area contributed by atoms with Gasteiger partial charge in [0.1, 0.15) is 6.54 Å². The Kier molecular flexibility index (Phi) is 6.41. The molecule has 3 amide bonds. The lowest BCUT2D eigenvalue weighted by Crippen LogP contribution is -2.34. The molecule has 8 nitrogen and oxygen atoms in total. The third-order valence-electron chi connectivity index (χ3n) is 4.47. The standard InChI is InChI=1S/C21H21N3O5S/c1-4-29-18(25)12-23-20(27)17(30-21(23)28)11-16-10-13(2)24(14(16)3)22-19(26)15-8-6-5-7-9-15/h5-11H,4,12H2,1-3H3,(H,22,26)/b17-11+. The van der Waals surface area contributed by atoms with Crippen LogP contribution in [0.3, 0.4) is 0 Å². The van der Waals surface area contributed by atoms with Crippen LogP contribution in [-0.2, 0) is 14.3 Å².